The third-order valence-electron chi connectivity index (χ3n) is 6.00. The highest BCUT2D eigenvalue weighted by atomic mass is 19.1. The van der Waals surface area contributed by atoms with Crippen molar-refractivity contribution in [2.45, 2.75) is 26.2 Å². The lowest BCUT2D eigenvalue weighted by molar-refractivity contribution is 0.0957. The van der Waals surface area contributed by atoms with E-state index in [0.29, 0.717) is 11.6 Å². The van der Waals surface area contributed by atoms with Crippen molar-refractivity contribution < 1.29 is 18.7 Å². The Bertz CT molecular complexity index is 1720. The van der Waals surface area contributed by atoms with Gasteiger partial charge < -0.3 is 15.4 Å². The van der Waals surface area contributed by atoms with Crippen LogP contribution in [0.2, 0.25) is 0 Å². The number of hydrogen-bond acceptors (Lipinski definition) is 6. The molecule has 0 radical (unpaired) electrons. The zero-order valence-corrected chi connectivity index (χ0v) is 22.2. The van der Waals surface area contributed by atoms with E-state index >= 15 is 0 Å². The van der Waals surface area contributed by atoms with Crippen molar-refractivity contribution in [2.24, 2.45) is 0 Å². The highest BCUT2D eigenvalue weighted by Gasteiger charge is 2.22. The zero-order valence-electron chi connectivity index (χ0n) is 22.2. The van der Waals surface area contributed by atoms with Crippen molar-refractivity contribution >= 4 is 34.3 Å². The Morgan fingerprint density at radius 1 is 1.00 bits per heavy atom. The Labute approximate surface area is 228 Å². The maximum Gasteiger partial charge on any atom is 0.324 e. The van der Waals surface area contributed by atoms with Crippen molar-refractivity contribution in [3.05, 3.63) is 84.2 Å². The van der Waals surface area contributed by atoms with Crippen LogP contribution < -0.4 is 20.7 Å². The molecule has 3 aromatic heterocycles. The Morgan fingerprint density at radius 3 is 2.55 bits per heavy atom. The Hall–Kier alpha value is -5.26. The number of aromatic nitrogens is 5. The lowest BCUT2D eigenvalue weighted by Crippen LogP contribution is -2.22. The summed E-state index contributed by atoms with van der Waals surface area (Å²) in [5.41, 5.74) is 2.19. The van der Waals surface area contributed by atoms with Crippen molar-refractivity contribution in [3.63, 3.8) is 0 Å². The number of ether oxygens (including phenoxy) is 1. The fourth-order valence-electron chi connectivity index (χ4n) is 3.89. The molecule has 3 amide bonds. The number of nitrogens with zero attached hydrogens (tertiary/aromatic N) is 4. The first-order valence-electron chi connectivity index (χ1n) is 12.4. The van der Waals surface area contributed by atoms with E-state index in [9.17, 15) is 14.0 Å². The van der Waals surface area contributed by atoms with Crippen LogP contribution in [0.1, 0.15) is 37.0 Å². The minimum Gasteiger partial charge on any atom is -0.457 e. The van der Waals surface area contributed by atoms with Crippen LogP contribution in [-0.4, -0.2) is 43.9 Å². The van der Waals surface area contributed by atoms with Gasteiger partial charge in [0, 0.05) is 42.2 Å². The second kappa shape index (κ2) is 10.5. The first kappa shape index (κ1) is 26.4. The fraction of sp³-hybridized carbons (Fsp3) is 0.179. The molecule has 4 N–H and O–H groups in total. The van der Waals surface area contributed by atoms with Gasteiger partial charge in [0.25, 0.3) is 5.91 Å². The number of hydrogen-bond donors (Lipinski definition) is 4. The third-order valence-corrected chi connectivity index (χ3v) is 6.00. The number of halogens is 1. The number of carbonyl (C=O) groups excluding carboxylic acids is 2. The van der Waals surface area contributed by atoms with Gasteiger partial charge in [-0.3, -0.25) is 20.2 Å². The summed E-state index contributed by atoms with van der Waals surface area (Å²) >= 11 is 0. The Morgan fingerprint density at radius 2 is 1.80 bits per heavy atom. The maximum absolute atomic E-state index is 14.9. The SMILES string of the molecule is CNC(=O)c1cc(Oc2ccc(NC(=O)Nc3cc(C(C)(C)C)nn3-c3ccc4[nH]ncc4c3)c(F)c2)ccn1. The molecule has 0 unspecified atom stereocenters. The van der Waals surface area contributed by atoms with Crippen LogP contribution in [0.5, 0.6) is 11.5 Å². The Balaban J connectivity index is 1.34. The summed E-state index contributed by atoms with van der Waals surface area (Å²) in [6.45, 7) is 6.06. The minimum atomic E-state index is -0.706. The number of urea groups is 1. The first-order valence-corrected chi connectivity index (χ1v) is 12.4. The van der Waals surface area contributed by atoms with Gasteiger partial charge in [-0.1, -0.05) is 20.8 Å². The summed E-state index contributed by atoms with van der Waals surface area (Å²) in [7, 11) is 1.49. The van der Waals surface area contributed by atoms with Gasteiger partial charge in [0.2, 0.25) is 0 Å². The summed E-state index contributed by atoms with van der Waals surface area (Å²) in [5, 5.41) is 20.4. The highest BCUT2D eigenvalue weighted by Crippen LogP contribution is 2.29. The molecule has 5 aromatic rings. The van der Waals surface area contributed by atoms with Crippen LogP contribution in [0, 0.1) is 5.82 Å². The molecule has 0 saturated heterocycles. The normalized spacial score (nSPS) is 11.3. The predicted octanol–water partition coefficient (Wildman–Crippen LogP) is 5.38. The number of rotatable bonds is 6. The van der Waals surface area contributed by atoms with E-state index < -0.39 is 11.8 Å². The molecule has 0 aliphatic rings. The van der Waals surface area contributed by atoms with Crippen LogP contribution in [0.3, 0.4) is 0 Å². The third kappa shape index (κ3) is 5.60. The van der Waals surface area contributed by atoms with Gasteiger partial charge in [-0.25, -0.2) is 13.9 Å². The van der Waals surface area contributed by atoms with Gasteiger partial charge in [0.15, 0.2) is 0 Å². The number of amides is 3. The summed E-state index contributed by atoms with van der Waals surface area (Å²) in [4.78, 5) is 28.7. The summed E-state index contributed by atoms with van der Waals surface area (Å²) < 4.78 is 22.2. The number of pyridine rings is 1. The summed E-state index contributed by atoms with van der Waals surface area (Å²) in [6, 6.07) is 13.8. The summed E-state index contributed by atoms with van der Waals surface area (Å²) in [6.07, 6.45) is 3.12. The molecule has 0 atom stereocenters. The van der Waals surface area contributed by atoms with Crippen molar-refractivity contribution in [1.29, 1.82) is 0 Å². The fourth-order valence-corrected chi connectivity index (χ4v) is 3.89. The van der Waals surface area contributed by atoms with Crippen molar-refractivity contribution in [1.82, 2.24) is 30.3 Å². The number of aromatic amines is 1. The van der Waals surface area contributed by atoms with Crippen LogP contribution in [0.4, 0.5) is 20.7 Å². The van der Waals surface area contributed by atoms with E-state index in [1.54, 1.807) is 23.0 Å². The zero-order chi connectivity index (χ0) is 28.4. The number of carbonyl (C=O) groups is 2. The standard InChI is InChI=1S/C28H27FN8O3/c1-28(2,3)24-14-25(37(36-24)17-5-7-21-16(11-17)15-32-35-21)34-27(39)33-22-8-6-18(12-20(22)29)40-19-9-10-31-23(13-19)26(38)30-4/h5-15H,1-4H3,(H,30,38)(H,32,35)(H2,33,34,39). The molecule has 204 valence electrons. The van der Waals surface area contributed by atoms with Crippen LogP contribution in [-0.2, 0) is 5.41 Å². The summed E-state index contributed by atoms with van der Waals surface area (Å²) in [5.74, 6) is -0.180. The Kier molecular flexibility index (Phi) is 6.91. The molecule has 0 aliphatic carbocycles. The van der Waals surface area contributed by atoms with Gasteiger partial charge in [0.05, 0.1) is 28.8 Å². The molecule has 0 saturated carbocycles. The molecule has 11 nitrogen and oxygen atoms in total. The van der Waals surface area contributed by atoms with Crippen LogP contribution >= 0.6 is 0 Å². The topological polar surface area (TPSA) is 139 Å². The second-order valence-electron chi connectivity index (χ2n) is 10.00. The lowest BCUT2D eigenvalue weighted by atomic mass is 9.92. The quantitative estimate of drug-likeness (QED) is 0.227. The maximum atomic E-state index is 14.9. The minimum absolute atomic E-state index is 0.0486. The van der Waals surface area contributed by atoms with Crippen molar-refractivity contribution in [2.75, 3.05) is 17.7 Å². The largest absolute Gasteiger partial charge is 0.457 e. The van der Waals surface area contributed by atoms with E-state index in [2.05, 4.69) is 31.1 Å². The van der Waals surface area contributed by atoms with E-state index in [1.807, 2.05) is 39.0 Å². The molecule has 0 aliphatic heterocycles. The van der Waals surface area contributed by atoms with E-state index in [-0.39, 0.29) is 28.5 Å². The number of H-pyrrole nitrogens is 1. The van der Waals surface area contributed by atoms with Gasteiger partial charge >= 0.3 is 6.03 Å². The molecular weight excluding hydrogens is 515 g/mol. The average Bonchev–Trinajstić information content (AvgIpc) is 3.56. The number of fused-ring (bicyclic) bond motifs is 1. The van der Waals surface area contributed by atoms with Crippen LogP contribution in [0.25, 0.3) is 16.6 Å². The molecule has 12 heteroatoms. The number of nitrogens with one attached hydrogen (secondary N) is 4. The smallest absolute Gasteiger partial charge is 0.324 e. The molecular formula is C28H27FN8O3. The van der Waals surface area contributed by atoms with Gasteiger partial charge in [0.1, 0.15) is 28.8 Å². The molecule has 40 heavy (non-hydrogen) atoms. The monoisotopic (exact) mass is 542 g/mol. The lowest BCUT2D eigenvalue weighted by Gasteiger charge is -2.14. The van der Waals surface area contributed by atoms with Gasteiger partial charge in [-0.2, -0.15) is 10.2 Å². The van der Waals surface area contributed by atoms with Gasteiger partial charge in [-0.15, -0.1) is 0 Å². The molecule has 5 rings (SSSR count). The van der Waals surface area contributed by atoms with Crippen molar-refractivity contribution in [3.8, 4) is 17.2 Å². The predicted molar refractivity (Wildman–Crippen MR) is 149 cm³/mol. The van der Waals surface area contributed by atoms with Crippen LogP contribution in [0.15, 0.2) is 67.0 Å². The second-order valence-corrected chi connectivity index (χ2v) is 10.00. The van der Waals surface area contributed by atoms with E-state index in [4.69, 9.17) is 9.84 Å². The molecule has 0 bridgehead atoms. The number of anilines is 2. The molecule has 3 heterocycles. The number of benzene rings is 2. The van der Waals surface area contributed by atoms with E-state index in [1.165, 1.54) is 31.4 Å². The average molecular weight is 543 g/mol. The molecule has 2 aromatic carbocycles. The first-order chi connectivity index (χ1) is 19.1. The highest BCUT2D eigenvalue weighted by molar-refractivity contribution is 5.99. The molecule has 0 spiro atoms. The van der Waals surface area contributed by atoms with E-state index in [0.717, 1.165) is 28.4 Å². The van der Waals surface area contributed by atoms with Gasteiger partial charge in [-0.05, 0) is 36.4 Å². The molecule has 0 fully saturated rings.